The van der Waals surface area contributed by atoms with Gasteiger partial charge in [-0.1, -0.05) is 11.3 Å². The minimum absolute atomic E-state index is 0.582. The maximum absolute atomic E-state index is 7.05. The molecular formula is C22H17N7S2. The average molecular weight is 444 g/mol. The van der Waals surface area contributed by atoms with Gasteiger partial charge in [0, 0.05) is 18.8 Å². The van der Waals surface area contributed by atoms with Crippen LogP contribution in [0.5, 0.6) is 0 Å². The van der Waals surface area contributed by atoms with E-state index in [0.717, 1.165) is 34.0 Å². The minimum Gasteiger partial charge on any atom is -0.372 e. The Bertz CT molecular complexity index is 1260. The number of hydrogen-bond donors (Lipinski definition) is 0. The molecule has 0 spiro atoms. The van der Waals surface area contributed by atoms with Crippen LogP contribution in [-0.2, 0) is 0 Å². The zero-order valence-corrected chi connectivity index (χ0v) is 18.1. The van der Waals surface area contributed by atoms with Crippen molar-refractivity contribution < 1.29 is 0 Å². The number of nitrogens with zero attached hydrogens (tertiary/aromatic N) is 7. The van der Waals surface area contributed by atoms with E-state index in [1.807, 2.05) is 42.5 Å². The lowest BCUT2D eigenvalue weighted by Crippen LogP contribution is -2.17. The third-order valence-corrected chi connectivity index (χ3v) is 6.82. The molecule has 2 aromatic heterocycles. The zero-order valence-electron chi connectivity index (χ0n) is 16.5. The number of azo groups is 2. The van der Waals surface area contributed by atoms with Crippen LogP contribution in [0.15, 0.2) is 75.1 Å². The van der Waals surface area contributed by atoms with Crippen molar-refractivity contribution in [2.24, 2.45) is 20.5 Å². The van der Waals surface area contributed by atoms with Crippen molar-refractivity contribution in [2.45, 2.75) is 12.8 Å². The molecule has 0 amide bonds. The molecule has 1 aliphatic heterocycles. The molecule has 31 heavy (non-hydrogen) atoms. The fourth-order valence-corrected chi connectivity index (χ4v) is 5.13. The first-order valence-electron chi connectivity index (χ1n) is 9.83. The van der Waals surface area contributed by atoms with Crippen LogP contribution in [-0.4, -0.2) is 18.1 Å². The van der Waals surface area contributed by atoms with Crippen LogP contribution in [0.1, 0.15) is 12.8 Å². The summed E-state index contributed by atoms with van der Waals surface area (Å²) >= 11 is 2.80. The number of thiophene rings is 1. The lowest BCUT2D eigenvalue weighted by Gasteiger charge is -2.17. The summed E-state index contributed by atoms with van der Waals surface area (Å²) in [6.07, 6.45) is 2.53. The van der Waals surface area contributed by atoms with Gasteiger partial charge in [0.25, 0.3) is 0 Å². The normalized spacial score (nSPS) is 14.2. The second-order valence-corrected chi connectivity index (χ2v) is 9.01. The standard InChI is InChI=1S/C22H17N7S2/c1-23-20-14-19-21(31-20)24-22(30-19)28-27-16-6-4-15(5-7-16)25-26-17-8-10-18(11-9-17)29-12-2-3-13-29/h4-11,14H,2-3,12-13H2. The van der Waals surface area contributed by atoms with Gasteiger partial charge in [0.2, 0.25) is 10.1 Å². The van der Waals surface area contributed by atoms with Gasteiger partial charge in [-0.3, -0.25) is 0 Å². The van der Waals surface area contributed by atoms with E-state index in [-0.39, 0.29) is 0 Å². The van der Waals surface area contributed by atoms with E-state index in [1.165, 1.54) is 41.2 Å². The SMILES string of the molecule is [C-]#[N+]c1cc2sc(N=Nc3ccc(N=Nc4ccc(N5CCCC5)cc4)cc3)nc2s1. The summed E-state index contributed by atoms with van der Waals surface area (Å²) in [4.78, 5) is 11.1. The Morgan fingerprint density at radius 2 is 1.39 bits per heavy atom. The molecule has 7 nitrogen and oxygen atoms in total. The molecule has 1 fully saturated rings. The van der Waals surface area contributed by atoms with Gasteiger partial charge in [-0.05, 0) is 67.4 Å². The summed E-state index contributed by atoms with van der Waals surface area (Å²) in [6.45, 7) is 9.32. The van der Waals surface area contributed by atoms with E-state index in [9.17, 15) is 0 Å². The number of rotatable bonds is 5. The predicted molar refractivity (Wildman–Crippen MR) is 126 cm³/mol. The summed E-state index contributed by atoms with van der Waals surface area (Å²) in [7, 11) is 0. The third kappa shape index (κ3) is 4.50. The van der Waals surface area contributed by atoms with Crippen LogP contribution in [0, 0.1) is 6.57 Å². The van der Waals surface area contributed by atoms with Gasteiger partial charge in [0.15, 0.2) is 0 Å². The first-order valence-corrected chi connectivity index (χ1v) is 11.5. The molecule has 0 aliphatic carbocycles. The number of aromatic nitrogens is 1. The summed E-state index contributed by atoms with van der Waals surface area (Å²) in [5.41, 5.74) is 3.55. The van der Waals surface area contributed by atoms with Gasteiger partial charge in [-0.25, -0.2) is 9.83 Å². The number of benzene rings is 2. The van der Waals surface area contributed by atoms with Crippen LogP contribution in [0.4, 0.5) is 32.9 Å². The zero-order chi connectivity index (χ0) is 21.0. The molecule has 9 heteroatoms. The average Bonchev–Trinajstić information content (AvgIpc) is 3.54. The Balaban J connectivity index is 1.22. The highest BCUT2D eigenvalue weighted by Gasteiger charge is 2.11. The van der Waals surface area contributed by atoms with Gasteiger partial charge in [0.05, 0.1) is 28.3 Å². The molecule has 152 valence electrons. The van der Waals surface area contributed by atoms with Gasteiger partial charge in [-0.2, -0.15) is 10.2 Å². The van der Waals surface area contributed by atoms with E-state index >= 15 is 0 Å². The first-order chi connectivity index (χ1) is 15.3. The molecule has 0 bridgehead atoms. The molecule has 0 unspecified atom stereocenters. The minimum atomic E-state index is 0.582. The number of hydrogen-bond acceptors (Lipinski definition) is 8. The topological polar surface area (TPSA) is 69.9 Å². The molecule has 0 saturated carbocycles. The highest BCUT2D eigenvalue weighted by molar-refractivity contribution is 7.30. The van der Waals surface area contributed by atoms with E-state index in [1.54, 1.807) is 0 Å². The quantitative estimate of drug-likeness (QED) is 0.230. The fraction of sp³-hybridized carbons (Fsp3) is 0.182. The largest absolute Gasteiger partial charge is 0.372 e. The molecule has 2 aromatic carbocycles. The van der Waals surface area contributed by atoms with Crippen molar-refractivity contribution >= 4 is 65.1 Å². The van der Waals surface area contributed by atoms with Crippen LogP contribution >= 0.6 is 22.7 Å². The molecule has 3 heterocycles. The summed E-state index contributed by atoms with van der Waals surface area (Å²) in [6, 6.07) is 17.5. The van der Waals surface area contributed by atoms with E-state index in [0.29, 0.717) is 15.8 Å². The summed E-state index contributed by atoms with van der Waals surface area (Å²) < 4.78 is 0.967. The Morgan fingerprint density at radius 3 is 1.97 bits per heavy atom. The smallest absolute Gasteiger partial charge is 0.244 e. The maximum atomic E-state index is 7.05. The van der Waals surface area contributed by atoms with Crippen LogP contribution in [0.25, 0.3) is 14.4 Å². The number of anilines is 1. The van der Waals surface area contributed by atoms with E-state index < -0.39 is 0 Å². The lowest BCUT2D eigenvalue weighted by molar-refractivity contribution is 0.949. The second-order valence-electron chi connectivity index (χ2n) is 6.99. The summed E-state index contributed by atoms with van der Waals surface area (Å²) in [5.74, 6) is 0. The Hall–Kier alpha value is -3.48. The molecule has 5 rings (SSSR count). The van der Waals surface area contributed by atoms with Crippen molar-refractivity contribution in [3.05, 3.63) is 66.0 Å². The van der Waals surface area contributed by atoms with Crippen molar-refractivity contribution in [3.8, 4) is 0 Å². The molecule has 0 N–H and O–H groups in total. The molecule has 4 aromatic rings. The van der Waals surface area contributed by atoms with Crippen molar-refractivity contribution in [1.82, 2.24) is 4.98 Å². The molecule has 1 aliphatic rings. The molecule has 0 atom stereocenters. The van der Waals surface area contributed by atoms with Gasteiger partial charge in [-0.15, -0.1) is 21.6 Å². The van der Waals surface area contributed by atoms with Crippen LogP contribution < -0.4 is 4.90 Å². The van der Waals surface area contributed by atoms with Gasteiger partial charge < -0.3 is 4.90 Å². The van der Waals surface area contributed by atoms with Crippen LogP contribution in [0.3, 0.4) is 0 Å². The van der Waals surface area contributed by atoms with Crippen molar-refractivity contribution in [3.63, 3.8) is 0 Å². The van der Waals surface area contributed by atoms with E-state index in [2.05, 4.69) is 47.3 Å². The van der Waals surface area contributed by atoms with Crippen LogP contribution in [0.2, 0.25) is 0 Å². The summed E-state index contributed by atoms with van der Waals surface area (Å²) in [5, 5.41) is 18.3. The first kappa shape index (κ1) is 19.5. The maximum Gasteiger partial charge on any atom is 0.244 e. The highest BCUT2D eigenvalue weighted by Crippen LogP contribution is 2.38. The van der Waals surface area contributed by atoms with Gasteiger partial charge in [0.1, 0.15) is 4.83 Å². The third-order valence-electron chi connectivity index (χ3n) is 4.88. The lowest BCUT2D eigenvalue weighted by atomic mass is 10.2. The Morgan fingerprint density at radius 1 is 0.806 bits per heavy atom. The van der Waals surface area contributed by atoms with Crippen molar-refractivity contribution in [2.75, 3.05) is 18.0 Å². The second kappa shape index (κ2) is 8.71. The van der Waals surface area contributed by atoms with E-state index in [4.69, 9.17) is 6.57 Å². The fourth-order valence-electron chi connectivity index (χ4n) is 3.32. The Labute approximate surface area is 187 Å². The van der Waals surface area contributed by atoms with Gasteiger partial charge >= 0.3 is 0 Å². The molecular weight excluding hydrogens is 426 g/mol. The van der Waals surface area contributed by atoms with Crippen molar-refractivity contribution in [1.29, 1.82) is 0 Å². The predicted octanol–water partition coefficient (Wildman–Crippen LogP) is 8.34. The monoisotopic (exact) mass is 443 g/mol. The highest BCUT2D eigenvalue weighted by atomic mass is 32.1. The molecule has 0 radical (unpaired) electrons. The number of thiazole rings is 1. The Kier molecular flexibility index (Phi) is 5.48. The molecule has 1 saturated heterocycles. The number of fused-ring (bicyclic) bond motifs is 1.